The van der Waals surface area contributed by atoms with Crippen molar-refractivity contribution in [1.82, 2.24) is 5.32 Å². The van der Waals surface area contributed by atoms with Crippen molar-refractivity contribution in [2.75, 3.05) is 0 Å². The lowest BCUT2D eigenvalue weighted by atomic mass is 9.86. The number of primary amides is 1. The Hall–Kier alpha value is -1.89. The van der Waals surface area contributed by atoms with E-state index in [1.807, 2.05) is 24.3 Å². The van der Waals surface area contributed by atoms with E-state index in [1.54, 1.807) is 11.8 Å². The molecule has 2 aromatic carbocycles. The van der Waals surface area contributed by atoms with Crippen molar-refractivity contribution in [1.29, 1.82) is 0 Å². The molecule has 1 fully saturated rings. The quantitative estimate of drug-likeness (QED) is 0.457. The largest absolute Gasteiger partial charge is 0.445 e. The van der Waals surface area contributed by atoms with E-state index >= 15 is 0 Å². The molecule has 0 aromatic heterocycles. The monoisotopic (exact) mass is 494 g/mol. The molecule has 2 aromatic rings. The van der Waals surface area contributed by atoms with Crippen LogP contribution in [0.5, 0.6) is 0 Å². The lowest BCUT2D eigenvalue weighted by Crippen LogP contribution is -2.39. The van der Waals surface area contributed by atoms with Gasteiger partial charge in [0.2, 0.25) is 5.91 Å². The third kappa shape index (κ3) is 6.33. The van der Waals surface area contributed by atoms with Crippen molar-refractivity contribution in [2.45, 2.75) is 67.9 Å². The molecule has 0 spiro atoms. The van der Waals surface area contributed by atoms with Crippen molar-refractivity contribution in [3.8, 4) is 0 Å². The van der Waals surface area contributed by atoms with Gasteiger partial charge in [-0.3, -0.25) is 4.79 Å². The van der Waals surface area contributed by atoms with E-state index in [1.165, 1.54) is 5.56 Å². The van der Waals surface area contributed by atoms with E-state index in [0.717, 1.165) is 9.79 Å². The Morgan fingerprint density at radius 2 is 1.75 bits per heavy atom. The van der Waals surface area contributed by atoms with E-state index in [0.29, 0.717) is 47.2 Å². The molecule has 0 saturated heterocycles. The van der Waals surface area contributed by atoms with Crippen molar-refractivity contribution in [3.05, 3.63) is 57.6 Å². The normalized spacial score (nSPS) is 18.4. The fraction of sp³-hybridized carbons (Fsp3) is 0.417. The van der Waals surface area contributed by atoms with Gasteiger partial charge in [-0.2, -0.15) is 0 Å². The van der Waals surface area contributed by atoms with Gasteiger partial charge in [0.25, 0.3) is 0 Å². The predicted octanol–water partition coefficient (Wildman–Crippen LogP) is 6.54. The van der Waals surface area contributed by atoms with E-state index in [9.17, 15) is 9.59 Å². The Bertz CT molecular complexity index is 976. The average molecular weight is 495 g/mol. The Kier molecular flexibility index (Phi) is 8.74. The number of nitrogens with two attached hydrogens (primary N) is 1. The zero-order chi connectivity index (χ0) is 23.3. The summed E-state index contributed by atoms with van der Waals surface area (Å²) in [5.41, 5.74) is 7.24. The molecular weight excluding hydrogens is 467 g/mol. The van der Waals surface area contributed by atoms with Crippen LogP contribution < -0.4 is 11.1 Å². The summed E-state index contributed by atoms with van der Waals surface area (Å²) < 4.78 is 5.36. The van der Waals surface area contributed by atoms with Crippen molar-refractivity contribution in [3.63, 3.8) is 0 Å². The highest BCUT2D eigenvalue weighted by Crippen LogP contribution is 2.41. The number of hydrogen-bond acceptors (Lipinski definition) is 4. The number of benzene rings is 2. The van der Waals surface area contributed by atoms with Crippen LogP contribution in [0.15, 0.2) is 46.2 Å². The summed E-state index contributed by atoms with van der Waals surface area (Å²) in [4.78, 5) is 25.4. The summed E-state index contributed by atoms with van der Waals surface area (Å²) in [6.07, 6.45) is 2.27. The van der Waals surface area contributed by atoms with Crippen molar-refractivity contribution < 1.29 is 14.3 Å². The molecule has 8 heteroatoms. The maximum absolute atomic E-state index is 12.2. The molecule has 32 heavy (non-hydrogen) atoms. The maximum Gasteiger partial charge on any atom is 0.407 e. The predicted molar refractivity (Wildman–Crippen MR) is 129 cm³/mol. The van der Waals surface area contributed by atoms with Gasteiger partial charge < -0.3 is 15.8 Å². The van der Waals surface area contributed by atoms with Gasteiger partial charge in [0.15, 0.2) is 0 Å². The zero-order valence-corrected chi connectivity index (χ0v) is 20.5. The molecule has 0 radical (unpaired) electrons. The van der Waals surface area contributed by atoms with Gasteiger partial charge in [0.05, 0.1) is 10.0 Å². The van der Waals surface area contributed by atoms with Crippen molar-refractivity contribution in [2.24, 2.45) is 11.7 Å². The standard InChI is InChI=1S/C24H28Cl2N2O3S/c1-14(2)18-5-3-4-6-19(18)32-20-12-9-16(21(25)22(20)26)13-31-24(30)28-17-10-7-15(8-11-17)23(27)29/h3-6,9,12,14-15,17H,7-8,10-11,13H2,1-2H3,(H2,27,29)(H,28,30). The average Bonchev–Trinajstić information content (AvgIpc) is 2.77. The summed E-state index contributed by atoms with van der Waals surface area (Å²) in [5.74, 6) is 0.0192. The van der Waals surface area contributed by atoms with Gasteiger partial charge in [0.1, 0.15) is 6.61 Å². The molecule has 0 unspecified atom stereocenters. The number of rotatable bonds is 7. The molecule has 1 aliphatic carbocycles. The van der Waals surface area contributed by atoms with Gasteiger partial charge in [0, 0.05) is 27.3 Å². The van der Waals surface area contributed by atoms with Crippen LogP contribution in [0.25, 0.3) is 0 Å². The first-order chi connectivity index (χ1) is 15.3. The minimum absolute atomic E-state index is 0.0167. The highest BCUT2D eigenvalue weighted by Gasteiger charge is 2.26. The first-order valence-corrected chi connectivity index (χ1v) is 12.3. The van der Waals surface area contributed by atoms with Crippen molar-refractivity contribution >= 4 is 47.0 Å². The van der Waals surface area contributed by atoms with E-state index in [2.05, 4.69) is 31.3 Å². The molecular formula is C24H28Cl2N2O3S. The SMILES string of the molecule is CC(C)c1ccccc1Sc1ccc(COC(=O)NC2CCC(C(N)=O)CC2)c(Cl)c1Cl. The molecule has 172 valence electrons. The van der Waals surface area contributed by atoms with Crippen LogP contribution in [-0.4, -0.2) is 18.0 Å². The number of alkyl carbamates (subject to hydrolysis) is 1. The van der Waals surface area contributed by atoms with E-state index in [-0.39, 0.29) is 24.5 Å². The summed E-state index contributed by atoms with van der Waals surface area (Å²) in [6.45, 7) is 4.33. The molecule has 0 aliphatic heterocycles. The summed E-state index contributed by atoms with van der Waals surface area (Å²) in [5, 5.41) is 3.68. The number of hydrogen-bond donors (Lipinski definition) is 2. The zero-order valence-electron chi connectivity index (χ0n) is 18.2. The second-order valence-corrected chi connectivity index (χ2v) is 10.2. The second-order valence-electron chi connectivity index (χ2n) is 8.32. The lowest BCUT2D eigenvalue weighted by Gasteiger charge is -2.27. The summed E-state index contributed by atoms with van der Waals surface area (Å²) >= 11 is 14.6. The maximum atomic E-state index is 12.2. The number of nitrogens with one attached hydrogen (secondary N) is 1. The molecule has 0 bridgehead atoms. The lowest BCUT2D eigenvalue weighted by molar-refractivity contribution is -0.122. The third-order valence-corrected chi connectivity index (χ3v) is 7.88. The van der Waals surface area contributed by atoms with Gasteiger partial charge in [-0.25, -0.2) is 4.79 Å². The number of carbonyl (C=O) groups excluding carboxylic acids is 2. The van der Waals surface area contributed by atoms with Gasteiger partial charge >= 0.3 is 6.09 Å². The smallest absolute Gasteiger partial charge is 0.407 e. The van der Waals surface area contributed by atoms with E-state index in [4.69, 9.17) is 33.7 Å². The highest BCUT2D eigenvalue weighted by molar-refractivity contribution is 7.99. The molecule has 1 aliphatic rings. The van der Waals surface area contributed by atoms with E-state index < -0.39 is 6.09 Å². The van der Waals surface area contributed by atoms with Crippen LogP contribution in [0.1, 0.15) is 56.6 Å². The van der Waals surface area contributed by atoms with Gasteiger partial charge in [-0.15, -0.1) is 0 Å². The molecule has 0 atom stereocenters. The molecule has 5 nitrogen and oxygen atoms in total. The third-order valence-electron chi connectivity index (χ3n) is 5.70. The summed E-state index contributed by atoms with van der Waals surface area (Å²) in [6, 6.07) is 11.9. The Balaban J connectivity index is 1.58. The first kappa shape index (κ1) is 24.7. The van der Waals surface area contributed by atoms with Crippen LogP contribution >= 0.6 is 35.0 Å². The minimum atomic E-state index is -0.510. The Morgan fingerprint density at radius 3 is 2.41 bits per heavy atom. The minimum Gasteiger partial charge on any atom is -0.445 e. The first-order valence-electron chi connectivity index (χ1n) is 10.7. The molecule has 1 saturated carbocycles. The highest BCUT2D eigenvalue weighted by atomic mass is 35.5. The van der Waals surface area contributed by atoms with Crippen LogP contribution in [0.2, 0.25) is 10.0 Å². The number of carbonyl (C=O) groups is 2. The second kappa shape index (κ2) is 11.3. The fourth-order valence-electron chi connectivity index (χ4n) is 3.80. The Labute approximate surface area is 203 Å². The number of amides is 2. The van der Waals surface area contributed by atoms with Crippen LogP contribution in [-0.2, 0) is 16.1 Å². The van der Waals surface area contributed by atoms with Crippen LogP contribution in [0.3, 0.4) is 0 Å². The topological polar surface area (TPSA) is 81.4 Å². The Morgan fingerprint density at radius 1 is 1.06 bits per heavy atom. The number of ether oxygens (including phenoxy) is 1. The molecule has 3 N–H and O–H groups in total. The van der Waals surface area contributed by atoms with Crippen LogP contribution in [0, 0.1) is 5.92 Å². The molecule has 2 amide bonds. The number of halogens is 2. The molecule has 3 rings (SSSR count). The van der Waals surface area contributed by atoms with Gasteiger partial charge in [-0.1, -0.05) is 73.1 Å². The fourth-order valence-corrected chi connectivity index (χ4v) is 5.51. The van der Waals surface area contributed by atoms with Gasteiger partial charge in [-0.05, 0) is 49.3 Å². The van der Waals surface area contributed by atoms with Crippen LogP contribution in [0.4, 0.5) is 4.79 Å². The molecule has 0 heterocycles. The summed E-state index contributed by atoms with van der Waals surface area (Å²) in [7, 11) is 0.